The van der Waals surface area contributed by atoms with Crippen molar-refractivity contribution in [1.82, 2.24) is 0 Å². The van der Waals surface area contributed by atoms with Gasteiger partial charge in [-0.05, 0) is 41.2 Å². The van der Waals surface area contributed by atoms with Crippen LogP contribution in [0.2, 0.25) is 0 Å². The summed E-state index contributed by atoms with van der Waals surface area (Å²) < 4.78 is 0. The normalized spacial score (nSPS) is 23.0. The van der Waals surface area contributed by atoms with Gasteiger partial charge in [-0.2, -0.15) is 0 Å². The number of aromatic hydroxyl groups is 3. The first kappa shape index (κ1) is 13.8. The number of rotatable bonds is 1. The monoisotopic (exact) mass is 284 g/mol. The number of fused-ring (bicyclic) bond motifs is 1. The van der Waals surface area contributed by atoms with Crippen LogP contribution in [0.25, 0.3) is 0 Å². The first-order valence-corrected chi connectivity index (χ1v) is 7.11. The number of hydrogen-bond acceptors (Lipinski definition) is 3. The molecule has 3 rings (SSSR count). The van der Waals surface area contributed by atoms with Crippen LogP contribution in [0, 0.1) is 0 Å². The van der Waals surface area contributed by atoms with E-state index in [0.29, 0.717) is 0 Å². The molecule has 0 aromatic heterocycles. The van der Waals surface area contributed by atoms with E-state index in [-0.39, 0.29) is 22.7 Å². The fourth-order valence-corrected chi connectivity index (χ4v) is 3.85. The fraction of sp³-hybridized carbons (Fsp3) is 0.333. The maximum absolute atomic E-state index is 10.4. The van der Waals surface area contributed by atoms with Gasteiger partial charge in [-0.15, -0.1) is 0 Å². The van der Waals surface area contributed by atoms with Gasteiger partial charge in [0.1, 0.15) is 5.75 Å². The van der Waals surface area contributed by atoms with Crippen molar-refractivity contribution < 1.29 is 15.3 Å². The summed E-state index contributed by atoms with van der Waals surface area (Å²) in [4.78, 5) is 0. The molecule has 2 aromatic carbocycles. The van der Waals surface area contributed by atoms with Crippen molar-refractivity contribution in [3.05, 3.63) is 53.1 Å². The zero-order valence-corrected chi connectivity index (χ0v) is 12.5. The smallest absolute Gasteiger partial charge is 0.161 e. The van der Waals surface area contributed by atoms with Crippen LogP contribution in [0.5, 0.6) is 17.2 Å². The minimum Gasteiger partial charge on any atom is -0.508 e. The second-order valence-corrected chi connectivity index (χ2v) is 6.80. The van der Waals surface area contributed by atoms with Crippen LogP contribution < -0.4 is 0 Å². The standard InChI is InChI=1S/C18H20O3/c1-17(2)10-18(3,11-4-6-12(19)7-5-11)15-13(17)8-9-14(20)16(15)21/h4-9,19-21H,10H2,1-3H3. The lowest BCUT2D eigenvalue weighted by Gasteiger charge is -2.28. The molecule has 3 N–H and O–H groups in total. The number of phenols is 3. The molecule has 0 amide bonds. The third-order valence-corrected chi connectivity index (χ3v) is 4.74. The molecule has 0 spiro atoms. The van der Waals surface area contributed by atoms with Gasteiger partial charge in [0.2, 0.25) is 0 Å². The second kappa shape index (κ2) is 4.17. The Kier molecular flexibility index (Phi) is 2.74. The van der Waals surface area contributed by atoms with E-state index in [1.165, 1.54) is 0 Å². The van der Waals surface area contributed by atoms with Crippen LogP contribution in [0.1, 0.15) is 43.9 Å². The van der Waals surface area contributed by atoms with Crippen molar-refractivity contribution in [2.45, 2.75) is 38.0 Å². The van der Waals surface area contributed by atoms with Gasteiger partial charge in [-0.3, -0.25) is 0 Å². The molecule has 0 radical (unpaired) electrons. The molecular formula is C18H20O3. The van der Waals surface area contributed by atoms with E-state index in [1.54, 1.807) is 18.2 Å². The summed E-state index contributed by atoms with van der Waals surface area (Å²) in [5.41, 5.74) is 2.39. The minimum atomic E-state index is -0.393. The zero-order chi connectivity index (χ0) is 15.4. The minimum absolute atomic E-state index is 0.0337. The van der Waals surface area contributed by atoms with Crippen LogP contribution in [-0.2, 0) is 10.8 Å². The maximum atomic E-state index is 10.4. The number of hydrogen-bond donors (Lipinski definition) is 3. The Morgan fingerprint density at radius 3 is 2.10 bits per heavy atom. The first-order valence-electron chi connectivity index (χ1n) is 7.11. The molecule has 1 atom stereocenters. The molecule has 1 aliphatic rings. The van der Waals surface area contributed by atoms with Crippen molar-refractivity contribution in [2.75, 3.05) is 0 Å². The molecule has 3 heteroatoms. The summed E-state index contributed by atoms with van der Waals surface area (Å²) in [6, 6.07) is 10.5. The third kappa shape index (κ3) is 1.88. The Hall–Kier alpha value is -2.16. The summed E-state index contributed by atoms with van der Waals surface area (Å²) in [6.45, 7) is 6.37. The lowest BCUT2D eigenvalue weighted by molar-refractivity contribution is 0.385. The molecule has 110 valence electrons. The topological polar surface area (TPSA) is 60.7 Å². The van der Waals surface area contributed by atoms with Crippen molar-refractivity contribution in [1.29, 1.82) is 0 Å². The van der Waals surface area contributed by atoms with Crippen molar-refractivity contribution in [3.63, 3.8) is 0 Å². The molecule has 1 unspecified atom stereocenters. The predicted octanol–water partition coefficient (Wildman–Crippen LogP) is 3.79. The molecule has 0 fully saturated rings. The summed E-state index contributed by atoms with van der Waals surface area (Å²) in [5, 5.41) is 29.8. The van der Waals surface area contributed by atoms with E-state index >= 15 is 0 Å². The van der Waals surface area contributed by atoms with E-state index in [2.05, 4.69) is 20.8 Å². The summed E-state index contributed by atoms with van der Waals surface area (Å²) in [5.74, 6) is 0.102. The van der Waals surface area contributed by atoms with Gasteiger partial charge in [0.25, 0.3) is 0 Å². The van der Waals surface area contributed by atoms with Crippen LogP contribution in [-0.4, -0.2) is 15.3 Å². The van der Waals surface area contributed by atoms with Gasteiger partial charge in [0.15, 0.2) is 11.5 Å². The summed E-state index contributed by atoms with van der Waals surface area (Å²) >= 11 is 0. The highest BCUT2D eigenvalue weighted by Crippen LogP contribution is 2.57. The highest BCUT2D eigenvalue weighted by molar-refractivity contribution is 5.61. The second-order valence-electron chi connectivity index (χ2n) is 6.80. The SMILES string of the molecule is CC1(C)CC(C)(c2ccc(O)cc2)c2c1ccc(O)c2O. The van der Waals surface area contributed by atoms with Gasteiger partial charge in [0, 0.05) is 11.0 Å². The molecule has 0 saturated heterocycles. The van der Waals surface area contributed by atoms with Crippen molar-refractivity contribution in [2.24, 2.45) is 0 Å². The molecule has 1 aliphatic carbocycles. The first-order chi connectivity index (χ1) is 9.75. The quantitative estimate of drug-likeness (QED) is 0.698. The van der Waals surface area contributed by atoms with E-state index in [9.17, 15) is 15.3 Å². The molecule has 0 aliphatic heterocycles. The van der Waals surface area contributed by atoms with E-state index in [1.807, 2.05) is 18.2 Å². The Balaban J connectivity index is 2.28. The lowest BCUT2D eigenvalue weighted by atomic mass is 9.75. The Bertz CT molecular complexity index is 701. The molecule has 0 bridgehead atoms. The van der Waals surface area contributed by atoms with Crippen LogP contribution in [0.4, 0.5) is 0 Å². The molecule has 2 aromatic rings. The largest absolute Gasteiger partial charge is 0.508 e. The highest BCUT2D eigenvalue weighted by atomic mass is 16.3. The third-order valence-electron chi connectivity index (χ3n) is 4.74. The molecule has 21 heavy (non-hydrogen) atoms. The fourth-order valence-electron chi connectivity index (χ4n) is 3.85. The van der Waals surface area contributed by atoms with Crippen LogP contribution >= 0.6 is 0 Å². The number of benzene rings is 2. The summed E-state index contributed by atoms with van der Waals surface area (Å²) in [7, 11) is 0. The van der Waals surface area contributed by atoms with Gasteiger partial charge in [0.05, 0.1) is 0 Å². The van der Waals surface area contributed by atoms with E-state index < -0.39 is 5.41 Å². The Morgan fingerprint density at radius 1 is 0.857 bits per heavy atom. The maximum Gasteiger partial charge on any atom is 0.161 e. The van der Waals surface area contributed by atoms with Crippen molar-refractivity contribution in [3.8, 4) is 17.2 Å². The average molecular weight is 284 g/mol. The van der Waals surface area contributed by atoms with E-state index in [4.69, 9.17) is 0 Å². The zero-order valence-electron chi connectivity index (χ0n) is 12.5. The molecule has 3 nitrogen and oxygen atoms in total. The lowest BCUT2D eigenvalue weighted by Crippen LogP contribution is -2.23. The number of phenolic OH excluding ortho intramolecular Hbond substituents is 3. The molecular weight excluding hydrogens is 264 g/mol. The highest BCUT2D eigenvalue weighted by Gasteiger charge is 2.48. The molecule has 0 saturated carbocycles. The van der Waals surface area contributed by atoms with Gasteiger partial charge < -0.3 is 15.3 Å². The summed E-state index contributed by atoms with van der Waals surface area (Å²) in [6.07, 6.45) is 0.830. The van der Waals surface area contributed by atoms with Gasteiger partial charge in [-0.25, -0.2) is 0 Å². The predicted molar refractivity (Wildman–Crippen MR) is 82.0 cm³/mol. The Morgan fingerprint density at radius 2 is 1.48 bits per heavy atom. The molecule has 0 heterocycles. The Labute approximate surface area is 124 Å². The van der Waals surface area contributed by atoms with Gasteiger partial charge in [-0.1, -0.05) is 39.0 Å². The van der Waals surface area contributed by atoms with E-state index in [0.717, 1.165) is 23.1 Å². The van der Waals surface area contributed by atoms with Crippen LogP contribution in [0.3, 0.4) is 0 Å². The van der Waals surface area contributed by atoms with Crippen molar-refractivity contribution >= 4 is 0 Å². The van der Waals surface area contributed by atoms with Gasteiger partial charge >= 0.3 is 0 Å². The van der Waals surface area contributed by atoms with Crippen LogP contribution in [0.15, 0.2) is 36.4 Å². The average Bonchev–Trinajstić information content (AvgIpc) is 2.62.